The zero-order chi connectivity index (χ0) is 9.80. The van der Waals surface area contributed by atoms with Crippen LogP contribution >= 0.6 is 11.6 Å². The number of aromatic nitrogens is 3. The molecule has 0 aliphatic heterocycles. The van der Waals surface area contributed by atoms with Crippen LogP contribution in [0.3, 0.4) is 0 Å². The zero-order valence-corrected chi connectivity index (χ0v) is 9.06. The molecule has 1 N–H and O–H groups in total. The summed E-state index contributed by atoms with van der Waals surface area (Å²) in [5.41, 5.74) is 0. The van der Waals surface area contributed by atoms with Gasteiger partial charge in [-0.15, -0.1) is 11.6 Å². The molecule has 14 heavy (non-hydrogen) atoms. The van der Waals surface area contributed by atoms with Crippen molar-refractivity contribution in [1.82, 2.24) is 15.2 Å². The van der Waals surface area contributed by atoms with Gasteiger partial charge in [0.15, 0.2) is 5.82 Å². The molecule has 1 heterocycles. The maximum Gasteiger partial charge on any atom is 0.153 e. The van der Waals surface area contributed by atoms with Gasteiger partial charge in [0.05, 0.1) is 5.88 Å². The second-order valence-electron chi connectivity index (χ2n) is 3.96. The van der Waals surface area contributed by atoms with E-state index in [9.17, 15) is 0 Å². The van der Waals surface area contributed by atoms with Crippen molar-refractivity contribution in [3.8, 4) is 0 Å². The molecule has 3 nitrogen and oxygen atoms in total. The number of nitrogens with zero attached hydrogens (tertiary/aromatic N) is 2. The largest absolute Gasteiger partial charge is 0.262 e. The molecule has 78 valence electrons. The summed E-state index contributed by atoms with van der Waals surface area (Å²) < 4.78 is 0. The molecule has 0 radical (unpaired) electrons. The van der Waals surface area contributed by atoms with Gasteiger partial charge >= 0.3 is 0 Å². The summed E-state index contributed by atoms with van der Waals surface area (Å²) in [6, 6.07) is 0. The second kappa shape index (κ2) is 4.78. The molecule has 0 saturated heterocycles. The van der Waals surface area contributed by atoms with Crippen molar-refractivity contribution < 1.29 is 0 Å². The maximum atomic E-state index is 5.68. The van der Waals surface area contributed by atoms with Crippen molar-refractivity contribution in [3.05, 3.63) is 11.6 Å². The van der Waals surface area contributed by atoms with Gasteiger partial charge in [0.2, 0.25) is 0 Å². The summed E-state index contributed by atoms with van der Waals surface area (Å²) in [5, 5.41) is 7.11. The van der Waals surface area contributed by atoms with Gasteiger partial charge in [-0.1, -0.05) is 25.7 Å². The molecule has 2 rings (SSSR count). The van der Waals surface area contributed by atoms with Crippen molar-refractivity contribution in [1.29, 1.82) is 0 Å². The van der Waals surface area contributed by atoms with Gasteiger partial charge < -0.3 is 0 Å². The number of alkyl halides is 1. The first-order chi connectivity index (χ1) is 6.90. The number of halogens is 1. The number of nitrogens with one attached hydrogen (secondary N) is 1. The number of hydrogen-bond acceptors (Lipinski definition) is 2. The van der Waals surface area contributed by atoms with Gasteiger partial charge in [-0.3, -0.25) is 5.10 Å². The van der Waals surface area contributed by atoms with Gasteiger partial charge in [0, 0.05) is 5.92 Å². The van der Waals surface area contributed by atoms with E-state index in [0.717, 1.165) is 11.6 Å². The van der Waals surface area contributed by atoms with Crippen molar-refractivity contribution in [2.45, 2.75) is 50.3 Å². The highest BCUT2D eigenvalue weighted by molar-refractivity contribution is 6.16. The minimum absolute atomic E-state index is 0.430. The van der Waals surface area contributed by atoms with Crippen LogP contribution in [0.2, 0.25) is 0 Å². The third kappa shape index (κ3) is 2.27. The first kappa shape index (κ1) is 9.97. The summed E-state index contributed by atoms with van der Waals surface area (Å²) in [6.45, 7) is 0. The number of H-pyrrole nitrogens is 1. The van der Waals surface area contributed by atoms with Crippen LogP contribution in [0.5, 0.6) is 0 Å². The predicted molar refractivity (Wildman–Crippen MR) is 56.4 cm³/mol. The van der Waals surface area contributed by atoms with E-state index in [-0.39, 0.29) is 0 Å². The summed E-state index contributed by atoms with van der Waals surface area (Å²) in [7, 11) is 0. The molecule has 0 atom stereocenters. The average Bonchev–Trinajstić information content (AvgIpc) is 2.53. The highest BCUT2D eigenvalue weighted by atomic mass is 35.5. The molecular weight excluding hydrogens is 198 g/mol. The molecule has 0 amide bonds. The fourth-order valence-electron chi connectivity index (χ4n) is 2.09. The lowest BCUT2D eigenvalue weighted by Crippen LogP contribution is -1.99. The predicted octanol–water partition coefficient (Wildman–Crippen LogP) is 2.98. The molecule has 1 fully saturated rings. The molecule has 1 aromatic rings. The Bertz CT molecular complexity index is 277. The monoisotopic (exact) mass is 213 g/mol. The van der Waals surface area contributed by atoms with E-state index in [2.05, 4.69) is 15.2 Å². The Kier molecular flexibility index (Phi) is 3.40. The summed E-state index contributed by atoms with van der Waals surface area (Å²) >= 11 is 5.68. The van der Waals surface area contributed by atoms with Crippen LogP contribution in [0, 0.1) is 0 Å². The Morgan fingerprint density at radius 2 is 1.93 bits per heavy atom. The molecule has 0 spiro atoms. The Hall–Kier alpha value is -0.570. The van der Waals surface area contributed by atoms with E-state index in [4.69, 9.17) is 11.6 Å². The topological polar surface area (TPSA) is 41.6 Å². The van der Waals surface area contributed by atoms with Crippen LogP contribution in [0.25, 0.3) is 0 Å². The molecule has 1 aromatic heterocycles. The van der Waals surface area contributed by atoms with Crippen molar-refractivity contribution >= 4 is 11.6 Å². The fourth-order valence-corrected chi connectivity index (χ4v) is 2.21. The number of rotatable bonds is 2. The first-order valence-corrected chi connectivity index (χ1v) is 5.90. The van der Waals surface area contributed by atoms with E-state index < -0.39 is 0 Å². The molecule has 0 bridgehead atoms. The van der Waals surface area contributed by atoms with Crippen molar-refractivity contribution in [3.63, 3.8) is 0 Å². The Morgan fingerprint density at radius 3 is 2.50 bits per heavy atom. The van der Waals surface area contributed by atoms with E-state index in [1.54, 1.807) is 0 Å². The Balaban J connectivity index is 2.04. The molecule has 4 heteroatoms. The van der Waals surface area contributed by atoms with Gasteiger partial charge in [0.1, 0.15) is 5.82 Å². The van der Waals surface area contributed by atoms with Crippen LogP contribution in [-0.2, 0) is 5.88 Å². The lowest BCUT2D eigenvalue weighted by molar-refractivity contribution is 0.562. The second-order valence-corrected chi connectivity index (χ2v) is 4.23. The standard InChI is InChI=1S/C10H16ClN3/c11-7-9-12-10(14-13-9)8-5-3-1-2-4-6-8/h8H,1-7H2,(H,12,13,14). The maximum absolute atomic E-state index is 5.68. The summed E-state index contributed by atoms with van der Waals surface area (Å²) in [5.74, 6) is 2.76. The fraction of sp³-hybridized carbons (Fsp3) is 0.800. The van der Waals surface area contributed by atoms with Gasteiger partial charge in [-0.05, 0) is 12.8 Å². The normalized spacial score (nSPS) is 19.5. The smallest absolute Gasteiger partial charge is 0.153 e. The van der Waals surface area contributed by atoms with E-state index in [0.29, 0.717) is 11.8 Å². The highest BCUT2D eigenvalue weighted by Gasteiger charge is 2.18. The van der Waals surface area contributed by atoms with Gasteiger partial charge in [-0.2, -0.15) is 5.10 Å². The van der Waals surface area contributed by atoms with Crippen molar-refractivity contribution in [2.24, 2.45) is 0 Å². The quantitative estimate of drug-likeness (QED) is 0.606. The summed E-state index contributed by atoms with van der Waals surface area (Å²) in [6.07, 6.45) is 7.83. The highest BCUT2D eigenvalue weighted by Crippen LogP contribution is 2.29. The molecular formula is C10H16ClN3. The van der Waals surface area contributed by atoms with Crippen LogP contribution in [-0.4, -0.2) is 15.2 Å². The van der Waals surface area contributed by atoms with Crippen molar-refractivity contribution in [2.75, 3.05) is 0 Å². The SMILES string of the molecule is ClCc1nc(C2CCCCCC2)n[nH]1. The third-order valence-electron chi connectivity index (χ3n) is 2.90. The molecule has 1 saturated carbocycles. The van der Waals surface area contributed by atoms with Crippen LogP contribution in [0.1, 0.15) is 56.1 Å². The summed E-state index contributed by atoms with van der Waals surface area (Å²) in [4.78, 5) is 4.40. The molecule has 1 aliphatic rings. The van der Waals surface area contributed by atoms with Crippen LogP contribution < -0.4 is 0 Å². The third-order valence-corrected chi connectivity index (χ3v) is 3.15. The Labute approximate surface area is 89.3 Å². The van der Waals surface area contributed by atoms with Crippen LogP contribution in [0.4, 0.5) is 0 Å². The minimum Gasteiger partial charge on any atom is -0.262 e. The molecule has 1 aliphatic carbocycles. The van der Waals surface area contributed by atoms with Gasteiger partial charge in [-0.25, -0.2) is 4.98 Å². The van der Waals surface area contributed by atoms with E-state index >= 15 is 0 Å². The minimum atomic E-state index is 0.430. The number of aromatic amines is 1. The van der Waals surface area contributed by atoms with Gasteiger partial charge in [0.25, 0.3) is 0 Å². The lowest BCUT2D eigenvalue weighted by atomic mass is 10.00. The van der Waals surface area contributed by atoms with Crippen LogP contribution in [0.15, 0.2) is 0 Å². The molecule has 0 unspecified atom stereocenters. The van der Waals surface area contributed by atoms with E-state index in [1.807, 2.05) is 0 Å². The number of hydrogen-bond donors (Lipinski definition) is 1. The molecule has 0 aromatic carbocycles. The first-order valence-electron chi connectivity index (χ1n) is 5.37. The lowest BCUT2D eigenvalue weighted by Gasteiger charge is -2.08. The average molecular weight is 214 g/mol. The van der Waals surface area contributed by atoms with E-state index in [1.165, 1.54) is 38.5 Å². The zero-order valence-electron chi connectivity index (χ0n) is 8.30. The Morgan fingerprint density at radius 1 is 1.21 bits per heavy atom.